The van der Waals surface area contributed by atoms with Gasteiger partial charge in [0.2, 0.25) is 17.6 Å². The van der Waals surface area contributed by atoms with Gasteiger partial charge in [0.25, 0.3) is 0 Å². The summed E-state index contributed by atoms with van der Waals surface area (Å²) in [6.45, 7) is 0. The second-order valence-electron chi connectivity index (χ2n) is 5.60. The van der Waals surface area contributed by atoms with Crippen molar-refractivity contribution in [3.05, 3.63) is 23.4 Å². The lowest BCUT2D eigenvalue weighted by Crippen LogP contribution is -2.33. The van der Waals surface area contributed by atoms with E-state index in [0.29, 0.717) is 37.4 Å². The van der Waals surface area contributed by atoms with Crippen LogP contribution in [0, 0.1) is 5.92 Å². The molecule has 2 heterocycles. The molecular formula is C15H17N3O4S. The van der Waals surface area contributed by atoms with Gasteiger partial charge in [-0.1, -0.05) is 11.2 Å². The summed E-state index contributed by atoms with van der Waals surface area (Å²) in [6.07, 6.45) is 2.46. The van der Waals surface area contributed by atoms with Crippen molar-refractivity contribution in [2.75, 3.05) is 0 Å². The van der Waals surface area contributed by atoms with Gasteiger partial charge >= 0.3 is 5.97 Å². The van der Waals surface area contributed by atoms with Crippen molar-refractivity contribution < 1.29 is 19.2 Å². The molecule has 0 aliphatic heterocycles. The molecule has 0 unspecified atom stereocenters. The first-order valence-electron chi connectivity index (χ1n) is 7.50. The maximum atomic E-state index is 11.9. The number of carbonyl (C=O) groups excluding carboxylic acids is 1. The van der Waals surface area contributed by atoms with Gasteiger partial charge in [-0.2, -0.15) is 4.98 Å². The maximum Gasteiger partial charge on any atom is 0.306 e. The molecule has 3 rings (SSSR count). The highest BCUT2D eigenvalue weighted by Crippen LogP contribution is 2.26. The molecule has 122 valence electrons. The van der Waals surface area contributed by atoms with Gasteiger partial charge in [0.1, 0.15) is 0 Å². The van der Waals surface area contributed by atoms with E-state index in [9.17, 15) is 9.59 Å². The fourth-order valence-electron chi connectivity index (χ4n) is 2.72. The average Bonchev–Trinajstić information content (AvgIpc) is 3.25. The molecule has 1 amide bonds. The molecular weight excluding hydrogens is 318 g/mol. The van der Waals surface area contributed by atoms with E-state index in [4.69, 9.17) is 9.63 Å². The Bertz CT molecular complexity index is 683. The summed E-state index contributed by atoms with van der Waals surface area (Å²) in [5.74, 6) is -0.274. The zero-order valence-electron chi connectivity index (χ0n) is 12.4. The molecule has 1 aliphatic carbocycles. The molecule has 2 N–H and O–H groups in total. The maximum absolute atomic E-state index is 11.9. The standard InChI is InChI=1S/C15H17N3O4S/c19-12(16-10-4-3-9(8-10)15(20)21)5-6-13-17-14(18-22-13)11-2-1-7-23-11/h1-2,7,9-10H,3-6,8H2,(H,16,19)(H,20,21)/t9-,10+/m0/s1. The van der Waals surface area contributed by atoms with Gasteiger partial charge in [0, 0.05) is 18.9 Å². The molecule has 0 spiro atoms. The Morgan fingerprint density at radius 2 is 2.30 bits per heavy atom. The summed E-state index contributed by atoms with van der Waals surface area (Å²) in [6, 6.07) is 3.77. The van der Waals surface area contributed by atoms with E-state index < -0.39 is 5.97 Å². The number of carboxylic acids is 1. The summed E-state index contributed by atoms with van der Waals surface area (Å²) in [4.78, 5) is 28.0. The van der Waals surface area contributed by atoms with E-state index in [1.807, 2.05) is 17.5 Å². The van der Waals surface area contributed by atoms with Crippen LogP contribution in [-0.2, 0) is 16.0 Å². The number of amides is 1. The zero-order valence-corrected chi connectivity index (χ0v) is 13.2. The van der Waals surface area contributed by atoms with Gasteiger partial charge in [0.05, 0.1) is 10.8 Å². The minimum Gasteiger partial charge on any atom is -0.481 e. The Balaban J connectivity index is 1.45. The van der Waals surface area contributed by atoms with Crippen LogP contribution in [-0.4, -0.2) is 33.2 Å². The first-order chi connectivity index (χ1) is 11.1. The largest absolute Gasteiger partial charge is 0.481 e. The van der Waals surface area contributed by atoms with Crippen LogP contribution < -0.4 is 5.32 Å². The fourth-order valence-corrected chi connectivity index (χ4v) is 3.37. The van der Waals surface area contributed by atoms with Crippen LogP contribution in [0.4, 0.5) is 0 Å². The Morgan fingerprint density at radius 1 is 1.43 bits per heavy atom. The van der Waals surface area contributed by atoms with Crippen molar-refractivity contribution in [3.63, 3.8) is 0 Å². The summed E-state index contributed by atoms with van der Waals surface area (Å²) in [5.41, 5.74) is 0. The number of nitrogens with zero attached hydrogens (tertiary/aromatic N) is 2. The number of thiophene rings is 1. The van der Waals surface area contributed by atoms with Crippen molar-refractivity contribution in [2.45, 2.75) is 38.1 Å². The number of aliphatic carboxylic acids is 1. The van der Waals surface area contributed by atoms with Gasteiger partial charge in [-0.05, 0) is 30.7 Å². The molecule has 0 radical (unpaired) electrons. The lowest BCUT2D eigenvalue weighted by molar-refractivity contribution is -0.141. The summed E-state index contributed by atoms with van der Waals surface area (Å²) in [5, 5.41) is 17.7. The average molecular weight is 335 g/mol. The fraction of sp³-hybridized carbons (Fsp3) is 0.467. The second kappa shape index (κ2) is 6.91. The molecule has 23 heavy (non-hydrogen) atoms. The molecule has 0 aromatic carbocycles. The van der Waals surface area contributed by atoms with Gasteiger partial charge in [-0.15, -0.1) is 11.3 Å². The third-order valence-corrected chi connectivity index (χ3v) is 4.79. The Hall–Kier alpha value is -2.22. The number of carbonyl (C=O) groups is 2. The predicted octanol–water partition coefficient (Wildman–Crippen LogP) is 2.10. The minimum atomic E-state index is -0.784. The molecule has 1 aliphatic rings. The van der Waals surface area contributed by atoms with Crippen LogP contribution in [0.3, 0.4) is 0 Å². The second-order valence-corrected chi connectivity index (χ2v) is 6.55. The van der Waals surface area contributed by atoms with Crippen LogP contribution >= 0.6 is 11.3 Å². The molecule has 0 saturated heterocycles. The number of hydrogen-bond donors (Lipinski definition) is 2. The molecule has 8 heteroatoms. The molecule has 2 aromatic heterocycles. The third kappa shape index (κ3) is 3.95. The quantitative estimate of drug-likeness (QED) is 0.837. The van der Waals surface area contributed by atoms with E-state index in [1.54, 1.807) is 0 Å². The number of hydrogen-bond acceptors (Lipinski definition) is 6. The zero-order chi connectivity index (χ0) is 16.2. The number of aryl methyl sites for hydroxylation is 1. The van der Waals surface area contributed by atoms with Crippen molar-refractivity contribution in [1.29, 1.82) is 0 Å². The molecule has 2 aromatic rings. The van der Waals surface area contributed by atoms with E-state index in [-0.39, 0.29) is 24.3 Å². The molecule has 7 nitrogen and oxygen atoms in total. The number of aromatic nitrogens is 2. The van der Waals surface area contributed by atoms with Crippen LogP contribution in [0.5, 0.6) is 0 Å². The van der Waals surface area contributed by atoms with Crippen LogP contribution in [0.15, 0.2) is 22.0 Å². The normalized spacial score (nSPS) is 20.5. The highest BCUT2D eigenvalue weighted by Gasteiger charge is 2.30. The number of rotatable bonds is 6. The third-order valence-electron chi connectivity index (χ3n) is 3.92. The lowest BCUT2D eigenvalue weighted by atomic mass is 10.1. The molecule has 1 saturated carbocycles. The lowest BCUT2D eigenvalue weighted by Gasteiger charge is -2.11. The predicted molar refractivity (Wildman–Crippen MR) is 82.8 cm³/mol. The first kappa shape index (κ1) is 15.7. The smallest absolute Gasteiger partial charge is 0.306 e. The van der Waals surface area contributed by atoms with E-state index in [1.165, 1.54) is 11.3 Å². The Morgan fingerprint density at radius 3 is 3.00 bits per heavy atom. The van der Waals surface area contributed by atoms with Crippen molar-refractivity contribution in [3.8, 4) is 10.7 Å². The monoisotopic (exact) mass is 335 g/mol. The molecule has 2 atom stereocenters. The minimum absolute atomic E-state index is 0.0482. The van der Waals surface area contributed by atoms with Crippen LogP contribution in [0.25, 0.3) is 10.7 Å². The Labute approximate surface area is 136 Å². The van der Waals surface area contributed by atoms with Gasteiger partial charge in [-0.25, -0.2) is 0 Å². The summed E-state index contributed by atoms with van der Waals surface area (Å²) >= 11 is 1.53. The van der Waals surface area contributed by atoms with Crippen molar-refractivity contribution >= 4 is 23.2 Å². The van der Waals surface area contributed by atoms with Crippen LogP contribution in [0.2, 0.25) is 0 Å². The van der Waals surface area contributed by atoms with Gasteiger partial charge < -0.3 is 14.9 Å². The first-order valence-corrected chi connectivity index (χ1v) is 8.38. The van der Waals surface area contributed by atoms with Gasteiger partial charge in [0.15, 0.2) is 0 Å². The highest BCUT2D eigenvalue weighted by molar-refractivity contribution is 7.13. The van der Waals surface area contributed by atoms with Crippen molar-refractivity contribution in [2.24, 2.45) is 5.92 Å². The molecule has 0 bridgehead atoms. The van der Waals surface area contributed by atoms with Crippen molar-refractivity contribution in [1.82, 2.24) is 15.5 Å². The van der Waals surface area contributed by atoms with E-state index >= 15 is 0 Å². The summed E-state index contributed by atoms with van der Waals surface area (Å²) in [7, 11) is 0. The Kier molecular flexibility index (Phi) is 4.71. The van der Waals surface area contributed by atoms with E-state index in [2.05, 4.69) is 15.5 Å². The number of carboxylic acid groups (broad SMARTS) is 1. The topological polar surface area (TPSA) is 105 Å². The van der Waals surface area contributed by atoms with Gasteiger partial charge in [-0.3, -0.25) is 9.59 Å². The summed E-state index contributed by atoms with van der Waals surface area (Å²) < 4.78 is 5.15. The molecule has 1 fully saturated rings. The van der Waals surface area contributed by atoms with E-state index in [0.717, 1.165) is 4.88 Å². The highest BCUT2D eigenvalue weighted by atomic mass is 32.1. The number of nitrogens with one attached hydrogen (secondary N) is 1. The van der Waals surface area contributed by atoms with Crippen LogP contribution in [0.1, 0.15) is 31.6 Å². The SMILES string of the molecule is O=C(CCc1nc(-c2cccs2)no1)N[C@@H]1CC[C@H](C(=O)O)C1.